The van der Waals surface area contributed by atoms with Gasteiger partial charge in [-0.15, -0.1) is 0 Å². The lowest BCUT2D eigenvalue weighted by atomic mass is 9.96. The highest BCUT2D eigenvalue weighted by Crippen LogP contribution is 2.20. The van der Waals surface area contributed by atoms with Crippen LogP contribution in [-0.4, -0.2) is 43.0 Å². The lowest BCUT2D eigenvalue weighted by molar-refractivity contribution is -0.132. The van der Waals surface area contributed by atoms with Crippen LogP contribution in [-0.2, 0) is 24.3 Å². The molecule has 0 saturated carbocycles. The number of piperidine rings is 1. The molecule has 0 aliphatic carbocycles. The lowest BCUT2D eigenvalue weighted by Gasteiger charge is -2.32. The third-order valence-corrected chi connectivity index (χ3v) is 5.84. The van der Waals surface area contributed by atoms with Crippen LogP contribution in [0.5, 0.6) is 0 Å². The summed E-state index contributed by atoms with van der Waals surface area (Å²) in [5.41, 5.74) is 0.598. The minimum Gasteiger partial charge on any atom is -0.343 e. The fourth-order valence-electron chi connectivity index (χ4n) is 4.10. The number of hydrogen-bond acceptors (Lipinski definition) is 4. The molecule has 1 saturated heterocycles. The van der Waals surface area contributed by atoms with Crippen molar-refractivity contribution in [3.05, 3.63) is 59.2 Å². The number of aryl methyl sites for hydroxylation is 2. The van der Waals surface area contributed by atoms with Crippen LogP contribution in [0.2, 0.25) is 0 Å². The zero-order chi connectivity index (χ0) is 20.2. The molecule has 3 aromatic rings. The molecule has 0 spiro atoms. The standard InChI is InChI=1S/C22H27N5O2/c1-2-20-23-10-14-26(20)15-17-7-11-25(12-8-17)21(28)9-13-27-16-24-19-6-4-3-5-18(19)22(27)29/h3-6,10,14,16-17H,2,7-9,11-13,15H2,1H3. The maximum atomic E-state index is 12.6. The number of carbonyl (C=O) groups excluding carboxylic acids is 1. The minimum absolute atomic E-state index is 0.0887. The van der Waals surface area contributed by atoms with Crippen molar-refractivity contribution >= 4 is 16.8 Å². The SMILES string of the molecule is CCc1nccn1CC1CCN(C(=O)CCn2cnc3ccccc3c2=O)CC1. The van der Waals surface area contributed by atoms with Gasteiger partial charge in [0.2, 0.25) is 5.91 Å². The molecule has 7 nitrogen and oxygen atoms in total. The Morgan fingerprint density at radius 2 is 1.93 bits per heavy atom. The molecule has 2 aromatic heterocycles. The van der Waals surface area contributed by atoms with Gasteiger partial charge in [0, 0.05) is 51.4 Å². The van der Waals surface area contributed by atoms with E-state index in [-0.39, 0.29) is 11.5 Å². The number of fused-ring (bicyclic) bond motifs is 1. The summed E-state index contributed by atoms with van der Waals surface area (Å²) in [5.74, 6) is 1.81. The number of hydrogen-bond donors (Lipinski definition) is 0. The van der Waals surface area contributed by atoms with Crippen molar-refractivity contribution in [2.45, 2.75) is 45.7 Å². The van der Waals surface area contributed by atoms with Gasteiger partial charge in [-0.3, -0.25) is 14.2 Å². The summed E-state index contributed by atoms with van der Waals surface area (Å²) in [4.78, 5) is 35.8. The van der Waals surface area contributed by atoms with E-state index in [2.05, 4.69) is 21.5 Å². The molecule has 1 fully saturated rings. The number of benzene rings is 1. The monoisotopic (exact) mass is 393 g/mol. The second kappa shape index (κ2) is 8.59. The van der Waals surface area contributed by atoms with Gasteiger partial charge >= 0.3 is 0 Å². The average molecular weight is 393 g/mol. The van der Waals surface area contributed by atoms with Crippen LogP contribution in [0.25, 0.3) is 10.9 Å². The zero-order valence-corrected chi connectivity index (χ0v) is 16.8. The highest BCUT2D eigenvalue weighted by molar-refractivity contribution is 5.77. The van der Waals surface area contributed by atoms with Gasteiger partial charge in [0.1, 0.15) is 5.82 Å². The summed E-state index contributed by atoms with van der Waals surface area (Å²) >= 11 is 0. The predicted molar refractivity (Wildman–Crippen MR) is 112 cm³/mol. The van der Waals surface area contributed by atoms with Gasteiger partial charge in [-0.05, 0) is 30.9 Å². The van der Waals surface area contributed by atoms with E-state index in [4.69, 9.17) is 0 Å². The van der Waals surface area contributed by atoms with Crippen LogP contribution in [0.1, 0.15) is 32.0 Å². The number of amides is 1. The van der Waals surface area contributed by atoms with Crippen LogP contribution in [0.4, 0.5) is 0 Å². The molecule has 0 atom stereocenters. The second-order valence-corrected chi connectivity index (χ2v) is 7.68. The molecule has 1 aliphatic rings. The normalized spacial score (nSPS) is 15.1. The molecule has 0 N–H and O–H groups in total. The van der Waals surface area contributed by atoms with Crippen LogP contribution in [0, 0.1) is 5.92 Å². The van der Waals surface area contributed by atoms with E-state index in [0.29, 0.717) is 29.8 Å². The molecular weight excluding hydrogens is 366 g/mol. The molecule has 1 amide bonds. The predicted octanol–water partition coefficient (Wildman–Crippen LogP) is 2.48. The van der Waals surface area contributed by atoms with Gasteiger partial charge in [-0.1, -0.05) is 19.1 Å². The van der Waals surface area contributed by atoms with E-state index in [0.717, 1.165) is 44.7 Å². The van der Waals surface area contributed by atoms with Gasteiger partial charge < -0.3 is 9.47 Å². The first kappa shape index (κ1) is 19.4. The number of likely N-dealkylation sites (tertiary alicyclic amines) is 1. The van der Waals surface area contributed by atoms with Gasteiger partial charge in [-0.2, -0.15) is 0 Å². The molecule has 0 bridgehead atoms. The minimum atomic E-state index is -0.0887. The molecule has 3 heterocycles. The summed E-state index contributed by atoms with van der Waals surface area (Å²) < 4.78 is 3.78. The number of nitrogens with zero attached hydrogens (tertiary/aromatic N) is 5. The summed E-state index contributed by atoms with van der Waals surface area (Å²) in [5, 5.41) is 0.592. The highest BCUT2D eigenvalue weighted by atomic mass is 16.2. The van der Waals surface area contributed by atoms with Crippen molar-refractivity contribution < 1.29 is 4.79 Å². The summed E-state index contributed by atoms with van der Waals surface area (Å²) in [6.45, 7) is 5.03. The molecule has 0 unspecified atom stereocenters. The van der Waals surface area contributed by atoms with E-state index in [1.54, 1.807) is 12.4 Å². The van der Waals surface area contributed by atoms with Crippen molar-refractivity contribution in [2.24, 2.45) is 5.92 Å². The first-order chi connectivity index (χ1) is 14.2. The maximum Gasteiger partial charge on any atom is 0.261 e. The van der Waals surface area contributed by atoms with Crippen LogP contribution >= 0.6 is 0 Å². The fraction of sp³-hybridized carbons (Fsp3) is 0.455. The Kier molecular flexibility index (Phi) is 5.74. The quantitative estimate of drug-likeness (QED) is 0.645. The Morgan fingerprint density at radius 3 is 2.72 bits per heavy atom. The van der Waals surface area contributed by atoms with E-state index in [1.807, 2.05) is 35.5 Å². The molecular formula is C22H27N5O2. The Hall–Kier alpha value is -2.96. The Labute approximate surface area is 170 Å². The Morgan fingerprint density at radius 1 is 1.14 bits per heavy atom. The Bertz CT molecular complexity index is 1050. The second-order valence-electron chi connectivity index (χ2n) is 7.68. The van der Waals surface area contributed by atoms with Gasteiger partial charge in [0.05, 0.1) is 17.2 Å². The first-order valence-electron chi connectivity index (χ1n) is 10.4. The number of rotatable bonds is 6. The van der Waals surface area contributed by atoms with E-state index < -0.39 is 0 Å². The number of aromatic nitrogens is 4. The highest BCUT2D eigenvalue weighted by Gasteiger charge is 2.23. The van der Waals surface area contributed by atoms with Gasteiger partial charge in [0.15, 0.2) is 0 Å². The molecule has 152 valence electrons. The van der Waals surface area contributed by atoms with Crippen molar-refractivity contribution in [3.63, 3.8) is 0 Å². The average Bonchev–Trinajstić information content (AvgIpc) is 3.21. The summed E-state index contributed by atoms with van der Waals surface area (Å²) in [7, 11) is 0. The van der Waals surface area contributed by atoms with E-state index in [1.165, 1.54) is 4.57 Å². The zero-order valence-electron chi connectivity index (χ0n) is 16.8. The smallest absolute Gasteiger partial charge is 0.261 e. The molecule has 4 rings (SSSR count). The molecule has 1 aromatic carbocycles. The van der Waals surface area contributed by atoms with Crippen molar-refractivity contribution in [2.75, 3.05) is 13.1 Å². The van der Waals surface area contributed by atoms with Crippen LogP contribution < -0.4 is 5.56 Å². The topological polar surface area (TPSA) is 73.0 Å². The van der Waals surface area contributed by atoms with Gasteiger partial charge in [0.25, 0.3) is 5.56 Å². The van der Waals surface area contributed by atoms with E-state index >= 15 is 0 Å². The first-order valence-corrected chi connectivity index (χ1v) is 10.4. The largest absolute Gasteiger partial charge is 0.343 e. The number of imidazole rings is 1. The molecule has 7 heteroatoms. The van der Waals surface area contributed by atoms with Crippen molar-refractivity contribution in [1.29, 1.82) is 0 Å². The molecule has 29 heavy (non-hydrogen) atoms. The van der Waals surface area contributed by atoms with Crippen molar-refractivity contribution in [1.82, 2.24) is 24.0 Å². The van der Waals surface area contributed by atoms with E-state index in [9.17, 15) is 9.59 Å². The summed E-state index contributed by atoms with van der Waals surface area (Å²) in [6, 6.07) is 7.29. The van der Waals surface area contributed by atoms with Crippen LogP contribution in [0.15, 0.2) is 47.8 Å². The van der Waals surface area contributed by atoms with Gasteiger partial charge in [-0.25, -0.2) is 9.97 Å². The third-order valence-electron chi connectivity index (χ3n) is 5.84. The third kappa shape index (κ3) is 4.23. The van der Waals surface area contributed by atoms with Crippen molar-refractivity contribution in [3.8, 4) is 0 Å². The molecule has 0 radical (unpaired) electrons. The Balaban J connectivity index is 1.30. The maximum absolute atomic E-state index is 12.6. The fourth-order valence-corrected chi connectivity index (χ4v) is 4.10. The number of para-hydroxylation sites is 1. The molecule has 1 aliphatic heterocycles. The lowest BCUT2D eigenvalue weighted by Crippen LogP contribution is -2.40. The van der Waals surface area contributed by atoms with Crippen LogP contribution in [0.3, 0.4) is 0 Å². The summed E-state index contributed by atoms with van der Waals surface area (Å²) in [6.07, 6.45) is 8.72. The number of carbonyl (C=O) groups is 1.